The molecule has 0 aliphatic carbocycles. The van der Waals surface area contributed by atoms with Gasteiger partial charge in [0.05, 0.1) is 0 Å². The summed E-state index contributed by atoms with van der Waals surface area (Å²) in [5.74, 6) is -1.05. The fraction of sp³-hybridized carbons (Fsp3) is 0. The van der Waals surface area contributed by atoms with Crippen molar-refractivity contribution < 1.29 is 9.59 Å². The van der Waals surface area contributed by atoms with E-state index in [0.717, 1.165) is 4.47 Å². The molecular formula is C14H8BBrO2. The highest BCUT2D eigenvalue weighted by Crippen LogP contribution is 2.12. The highest BCUT2D eigenvalue weighted by molar-refractivity contribution is 9.10. The molecule has 0 aromatic heterocycles. The van der Waals surface area contributed by atoms with Crippen molar-refractivity contribution in [3.63, 3.8) is 0 Å². The highest BCUT2D eigenvalue weighted by atomic mass is 79.9. The van der Waals surface area contributed by atoms with Crippen molar-refractivity contribution in [3.05, 3.63) is 64.1 Å². The smallest absolute Gasteiger partial charge is 0.233 e. The molecule has 0 bridgehead atoms. The van der Waals surface area contributed by atoms with Crippen LogP contribution in [0, 0.1) is 0 Å². The average Bonchev–Trinajstić information content (AvgIpc) is 2.39. The molecule has 2 aromatic rings. The van der Waals surface area contributed by atoms with E-state index < -0.39 is 11.6 Å². The Bertz CT molecular complexity index is 533. The van der Waals surface area contributed by atoms with Crippen LogP contribution in [0.3, 0.4) is 0 Å². The summed E-state index contributed by atoms with van der Waals surface area (Å²) in [4.78, 5) is 23.9. The highest BCUT2D eigenvalue weighted by Gasteiger charge is 2.17. The molecule has 2 aromatic carbocycles. The molecule has 86 valence electrons. The summed E-state index contributed by atoms with van der Waals surface area (Å²) in [7, 11) is 5.53. The van der Waals surface area contributed by atoms with Gasteiger partial charge in [0.1, 0.15) is 7.85 Å². The summed E-state index contributed by atoms with van der Waals surface area (Å²) in [6.45, 7) is 0. The Hall–Kier alpha value is -1.68. The summed E-state index contributed by atoms with van der Waals surface area (Å²) in [6.07, 6.45) is 0. The van der Waals surface area contributed by atoms with E-state index in [0.29, 0.717) is 16.6 Å². The Morgan fingerprint density at radius 2 is 1.17 bits per heavy atom. The minimum Gasteiger partial charge on any atom is -0.285 e. The molecule has 0 atom stereocenters. The van der Waals surface area contributed by atoms with Crippen molar-refractivity contribution in [3.8, 4) is 0 Å². The zero-order valence-electron chi connectivity index (χ0n) is 9.39. The maximum atomic E-state index is 11.9. The van der Waals surface area contributed by atoms with Gasteiger partial charge in [0, 0.05) is 15.6 Å². The second-order valence-electron chi connectivity index (χ2n) is 3.79. The first kappa shape index (κ1) is 12.8. The number of rotatable bonds is 3. The van der Waals surface area contributed by atoms with E-state index in [1.165, 1.54) is 0 Å². The number of hydrogen-bond donors (Lipinski definition) is 0. The Morgan fingerprint density at radius 3 is 1.61 bits per heavy atom. The van der Waals surface area contributed by atoms with E-state index in [1.807, 2.05) is 0 Å². The van der Waals surface area contributed by atoms with Gasteiger partial charge in [-0.2, -0.15) is 0 Å². The van der Waals surface area contributed by atoms with Gasteiger partial charge in [0.2, 0.25) is 11.6 Å². The number of hydrogen-bond acceptors (Lipinski definition) is 2. The van der Waals surface area contributed by atoms with Crippen molar-refractivity contribution >= 4 is 40.8 Å². The molecule has 0 aliphatic rings. The SMILES string of the molecule is [B]c1ccc(C(=O)C(=O)c2ccc(Br)cc2)cc1. The molecule has 18 heavy (non-hydrogen) atoms. The van der Waals surface area contributed by atoms with Crippen molar-refractivity contribution in [1.82, 2.24) is 0 Å². The van der Waals surface area contributed by atoms with E-state index in [4.69, 9.17) is 7.85 Å². The Balaban J connectivity index is 2.26. The van der Waals surface area contributed by atoms with Crippen LogP contribution in [0.4, 0.5) is 0 Å². The molecule has 0 N–H and O–H groups in total. The third kappa shape index (κ3) is 2.77. The third-order valence-electron chi connectivity index (χ3n) is 2.49. The first-order valence-electron chi connectivity index (χ1n) is 5.28. The molecule has 0 saturated carbocycles. The van der Waals surface area contributed by atoms with Gasteiger partial charge in [-0.05, 0) is 24.3 Å². The van der Waals surface area contributed by atoms with Crippen LogP contribution in [0.1, 0.15) is 20.7 Å². The lowest BCUT2D eigenvalue weighted by molar-refractivity contribution is 0.0817. The fourth-order valence-electron chi connectivity index (χ4n) is 1.50. The van der Waals surface area contributed by atoms with E-state index in [1.54, 1.807) is 48.5 Å². The number of carbonyl (C=O) groups excluding carboxylic acids is 2. The summed E-state index contributed by atoms with van der Waals surface area (Å²) >= 11 is 3.27. The number of halogens is 1. The van der Waals surface area contributed by atoms with Crippen LogP contribution in [0.25, 0.3) is 0 Å². The first-order chi connectivity index (χ1) is 8.58. The number of ketones is 2. The molecule has 0 unspecified atom stereocenters. The van der Waals surface area contributed by atoms with Crippen molar-refractivity contribution in [1.29, 1.82) is 0 Å². The third-order valence-corrected chi connectivity index (χ3v) is 3.01. The maximum Gasteiger partial charge on any atom is 0.233 e. The molecule has 2 radical (unpaired) electrons. The summed E-state index contributed by atoms with van der Waals surface area (Å²) in [5.41, 5.74) is 1.28. The number of benzene rings is 2. The van der Waals surface area contributed by atoms with Crippen molar-refractivity contribution in [2.45, 2.75) is 0 Å². The molecule has 0 fully saturated rings. The predicted octanol–water partition coefficient (Wildman–Crippen LogP) is 2.31. The average molecular weight is 299 g/mol. The maximum absolute atomic E-state index is 11.9. The summed E-state index contributed by atoms with van der Waals surface area (Å²) in [6, 6.07) is 13.0. The molecule has 4 heteroatoms. The van der Waals surface area contributed by atoms with Crippen LogP contribution in [-0.2, 0) is 0 Å². The van der Waals surface area contributed by atoms with E-state index >= 15 is 0 Å². The van der Waals surface area contributed by atoms with Gasteiger partial charge in [-0.1, -0.05) is 45.7 Å². The van der Waals surface area contributed by atoms with Crippen LogP contribution >= 0.6 is 15.9 Å². The van der Waals surface area contributed by atoms with Gasteiger partial charge < -0.3 is 0 Å². The summed E-state index contributed by atoms with van der Waals surface area (Å²) < 4.78 is 0.860. The number of carbonyl (C=O) groups is 2. The minimum atomic E-state index is -0.530. The van der Waals surface area contributed by atoms with Crippen LogP contribution in [0.5, 0.6) is 0 Å². The first-order valence-corrected chi connectivity index (χ1v) is 6.07. The second kappa shape index (κ2) is 5.31. The lowest BCUT2D eigenvalue weighted by Gasteiger charge is -2.01. The lowest BCUT2D eigenvalue weighted by Crippen LogP contribution is -2.15. The van der Waals surface area contributed by atoms with Crippen LogP contribution in [-0.4, -0.2) is 19.4 Å². The van der Waals surface area contributed by atoms with E-state index in [2.05, 4.69) is 15.9 Å². The molecule has 0 spiro atoms. The largest absolute Gasteiger partial charge is 0.285 e. The van der Waals surface area contributed by atoms with Gasteiger partial charge in [0.15, 0.2) is 0 Å². The Kier molecular flexibility index (Phi) is 3.77. The predicted molar refractivity (Wildman–Crippen MR) is 74.6 cm³/mol. The van der Waals surface area contributed by atoms with Gasteiger partial charge in [-0.15, -0.1) is 0 Å². The molecule has 0 aliphatic heterocycles. The standard InChI is InChI=1S/C14H8BBrO2/c15-11-5-1-9(2-6-11)13(17)14(18)10-3-7-12(16)8-4-10/h1-8H. The van der Waals surface area contributed by atoms with Crippen LogP contribution in [0.15, 0.2) is 53.0 Å². The monoisotopic (exact) mass is 298 g/mol. The molecule has 0 amide bonds. The minimum absolute atomic E-state index is 0.345. The molecule has 0 heterocycles. The van der Waals surface area contributed by atoms with Crippen molar-refractivity contribution in [2.24, 2.45) is 0 Å². The Labute approximate surface area is 115 Å². The van der Waals surface area contributed by atoms with Gasteiger partial charge in [-0.25, -0.2) is 0 Å². The fourth-order valence-corrected chi connectivity index (χ4v) is 1.76. The number of Topliss-reactive ketones (excluding diaryl/α,β-unsaturated/α-hetero) is 2. The second-order valence-corrected chi connectivity index (χ2v) is 4.70. The molecule has 2 nitrogen and oxygen atoms in total. The quantitative estimate of drug-likeness (QED) is 0.495. The van der Waals surface area contributed by atoms with E-state index in [-0.39, 0.29) is 0 Å². The zero-order chi connectivity index (χ0) is 13.1. The van der Waals surface area contributed by atoms with Crippen LogP contribution in [0.2, 0.25) is 0 Å². The normalized spacial score (nSPS) is 10.1. The molecular weight excluding hydrogens is 291 g/mol. The van der Waals surface area contributed by atoms with Gasteiger partial charge in [-0.3, -0.25) is 9.59 Å². The van der Waals surface area contributed by atoms with Gasteiger partial charge >= 0.3 is 0 Å². The Morgan fingerprint density at radius 1 is 0.778 bits per heavy atom. The van der Waals surface area contributed by atoms with Crippen LogP contribution < -0.4 is 5.46 Å². The zero-order valence-corrected chi connectivity index (χ0v) is 11.0. The van der Waals surface area contributed by atoms with E-state index in [9.17, 15) is 9.59 Å². The molecule has 0 saturated heterocycles. The van der Waals surface area contributed by atoms with Crippen molar-refractivity contribution in [2.75, 3.05) is 0 Å². The topological polar surface area (TPSA) is 34.1 Å². The van der Waals surface area contributed by atoms with Gasteiger partial charge in [0.25, 0.3) is 0 Å². The lowest BCUT2D eigenvalue weighted by atomic mass is 9.93. The summed E-state index contributed by atoms with van der Waals surface area (Å²) in [5, 5.41) is 0. The molecule has 2 rings (SSSR count).